The zero-order chi connectivity index (χ0) is 16.9. The molecule has 0 spiro atoms. The summed E-state index contributed by atoms with van der Waals surface area (Å²) in [6, 6.07) is 10.3. The minimum atomic E-state index is -0.389. The predicted molar refractivity (Wildman–Crippen MR) is 89.0 cm³/mol. The van der Waals surface area contributed by atoms with Crippen LogP contribution in [0.5, 0.6) is 0 Å². The Morgan fingerprint density at radius 3 is 2.46 bits per heavy atom. The Balaban J connectivity index is 1.60. The lowest BCUT2D eigenvalue weighted by molar-refractivity contribution is 0.0526. The molecule has 1 aliphatic rings. The molecule has 1 fully saturated rings. The molecule has 0 aliphatic heterocycles. The number of carbonyl (C=O) groups excluding carboxylic acids is 2. The largest absolute Gasteiger partial charge is 0.462 e. The predicted octanol–water partition coefficient (Wildman–Crippen LogP) is 2.48. The fourth-order valence-electron chi connectivity index (χ4n) is 2.07. The zero-order valence-electron chi connectivity index (χ0n) is 13.3. The second kappa shape index (κ2) is 7.08. The first-order valence-electron chi connectivity index (χ1n) is 7.84. The number of anilines is 2. The summed E-state index contributed by atoms with van der Waals surface area (Å²) in [6.45, 7) is 2.07. The van der Waals surface area contributed by atoms with Crippen LogP contribution in [0.1, 0.15) is 40.6 Å². The Labute approximate surface area is 139 Å². The van der Waals surface area contributed by atoms with Gasteiger partial charge in [0.25, 0.3) is 5.91 Å². The van der Waals surface area contributed by atoms with Gasteiger partial charge in [-0.1, -0.05) is 0 Å². The van der Waals surface area contributed by atoms with Crippen molar-refractivity contribution >= 4 is 23.4 Å². The third-order valence-corrected chi connectivity index (χ3v) is 3.48. The van der Waals surface area contributed by atoms with Crippen LogP contribution in [0, 0.1) is 0 Å². The number of nitrogens with one attached hydrogen (secondary N) is 2. The number of hydrogen-bond donors (Lipinski definition) is 2. The number of hydrogen-bond acceptors (Lipinski definition) is 6. The number of rotatable bonds is 6. The summed E-state index contributed by atoms with van der Waals surface area (Å²) in [4.78, 5) is 23.7. The molecule has 1 amide bonds. The first kappa shape index (κ1) is 15.9. The Morgan fingerprint density at radius 2 is 1.88 bits per heavy atom. The maximum Gasteiger partial charge on any atom is 0.338 e. The average molecular weight is 326 g/mol. The lowest BCUT2D eigenvalue weighted by Crippen LogP contribution is -2.15. The van der Waals surface area contributed by atoms with Gasteiger partial charge in [0, 0.05) is 11.7 Å². The fourth-order valence-corrected chi connectivity index (χ4v) is 2.07. The standard InChI is InChI=1S/C17H18N4O3/c1-2-24-17(23)11-3-5-13(6-4-11)19-16(22)14-9-10-15(21-20-14)18-12-7-8-12/h3-6,9-10,12H,2,7-8H2,1H3,(H,18,21)(H,19,22). The second-order valence-corrected chi connectivity index (χ2v) is 5.47. The van der Waals surface area contributed by atoms with Gasteiger partial charge in [0.05, 0.1) is 12.2 Å². The number of carbonyl (C=O) groups is 2. The molecule has 1 aliphatic carbocycles. The van der Waals surface area contributed by atoms with E-state index in [0.717, 1.165) is 12.8 Å². The first-order chi connectivity index (χ1) is 11.7. The maximum atomic E-state index is 12.2. The number of nitrogens with zero attached hydrogens (tertiary/aromatic N) is 2. The molecule has 1 aromatic heterocycles. The molecule has 124 valence electrons. The molecule has 0 atom stereocenters. The topological polar surface area (TPSA) is 93.2 Å². The summed E-state index contributed by atoms with van der Waals surface area (Å²) in [5, 5.41) is 13.8. The molecule has 0 radical (unpaired) electrons. The molecule has 2 N–H and O–H groups in total. The van der Waals surface area contributed by atoms with E-state index >= 15 is 0 Å². The molecule has 7 heteroatoms. The minimum Gasteiger partial charge on any atom is -0.462 e. The van der Waals surface area contributed by atoms with Crippen LogP contribution in [0.3, 0.4) is 0 Å². The highest BCUT2D eigenvalue weighted by Crippen LogP contribution is 2.23. The zero-order valence-corrected chi connectivity index (χ0v) is 13.3. The molecular formula is C17H18N4O3. The summed E-state index contributed by atoms with van der Waals surface area (Å²) < 4.78 is 4.91. The van der Waals surface area contributed by atoms with E-state index < -0.39 is 0 Å². The van der Waals surface area contributed by atoms with E-state index in [4.69, 9.17) is 4.74 Å². The van der Waals surface area contributed by atoms with Gasteiger partial charge in [-0.25, -0.2) is 4.79 Å². The summed E-state index contributed by atoms with van der Waals surface area (Å²) in [5.74, 6) is -0.0720. The Bertz CT molecular complexity index is 725. The molecule has 0 saturated heterocycles. The lowest BCUT2D eigenvalue weighted by atomic mass is 10.2. The van der Waals surface area contributed by atoms with Gasteiger partial charge in [-0.3, -0.25) is 4.79 Å². The van der Waals surface area contributed by atoms with Crippen molar-refractivity contribution < 1.29 is 14.3 Å². The summed E-state index contributed by atoms with van der Waals surface area (Å²) in [6.07, 6.45) is 2.29. The van der Waals surface area contributed by atoms with Gasteiger partial charge in [0.2, 0.25) is 0 Å². The number of esters is 1. The highest BCUT2D eigenvalue weighted by molar-refractivity contribution is 6.03. The first-order valence-corrected chi connectivity index (χ1v) is 7.84. The van der Waals surface area contributed by atoms with E-state index in [1.807, 2.05) is 0 Å². The molecule has 0 bridgehead atoms. The second-order valence-electron chi connectivity index (χ2n) is 5.47. The van der Waals surface area contributed by atoms with E-state index in [9.17, 15) is 9.59 Å². The maximum absolute atomic E-state index is 12.2. The summed E-state index contributed by atoms with van der Waals surface area (Å²) >= 11 is 0. The number of benzene rings is 1. The third kappa shape index (κ3) is 4.07. The SMILES string of the molecule is CCOC(=O)c1ccc(NC(=O)c2ccc(NC3CC3)nn2)cc1. The van der Waals surface area contributed by atoms with Crippen molar-refractivity contribution in [2.75, 3.05) is 17.2 Å². The summed E-state index contributed by atoms with van der Waals surface area (Å²) in [5.41, 5.74) is 1.23. The van der Waals surface area contributed by atoms with Gasteiger partial charge in [-0.2, -0.15) is 0 Å². The summed E-state index contributed by atoms with van der Waals surface area (Å²) in [7, 11) is 0. The van der Waals surface area contributed by atoms with Crippen LogP contribution in [0.15, 0.2) is 36.4 Å². The smallest absolute Gasteiger partial charge is 0.338 e. The van der Waals surface area contributed by atoms with Crippen LogP contribution in [0.25, 0.3) is 0 Å². The number of amides is 1. The quantitative estimate of drug-likeness (QED) is 0.792. The van der Waals surface area contributed by atoms with Crippen molar-refractivity contribution in [2.45, 2.75) is 25.8 Å². The molecular weight excluding hydrogens is 308 g/mol. The molecule has 0 unspecified atom stereocenters. The fraction of sp³-hybridized carbons (Fsp3) is 0.294. The van der Waals surface area contributed by atoms with Crippen LogP contribution in [-0.2, 0) is 4.74 Å². The van der Waals surface area contributed by atoms with E-state index in [-0.39, 0.29) is 17.6 Å². The molecule has 7 nitrogen and oxygen atoms in total. The van der Waals surface area contributed by atoms with Crippen LogP contribution in [-0.4, -0.2) is 34.7 Å². The minimum absolute atomic E-state index is 0.228. The van der Waals surface area contributed by atoms with Crippen molar-refractivity contribution in [3.63, 3.8) is 0 Å². The highest BCUT2D eigenvalue weighted by atomic mass is 16.5. The van der Waals surface area contributed by atoms with Crippen molar-refractivity contribution in [1.82, 2.24) is 10.2 Å². The molecule has 1 heterocycles. The van der Waals surface area contributed by atoms with E-state index in [0.29, 0.717) is 29.7 Å². The highest BCUT2D eigenvalue weighted by Gasteiger charge is 2.21. The van der Waals surface area contributed by atoms with Gasteiger partial charge in [0.15, 0.2) is 5.69 Å². The Morgan fingerprint density at radius 1 is 1.12 bits per heavy atom. The van der Waals surface area contributed by atoms with Crippen molar-refractivity contribution in [1.29, 1.82) is 0 Å². The van der Waals surface area contributed by atoms with Crippen LogP contribution >= 0.6 is 0 Å². The van der Waals surface area contributed by atoms with E-state index in [1.54, 1.807) is 43.3 Å². The van der Waals surface area contributed by atoms with Crippen molar-refractivity contribution in [3.8, 4) is 0 Å². The average Bonchev–Trinajstić information content (AvgIpc) is 3.40. The van der Waals surface area contributed by atoms with Crippen molar-refractivity contribution in [2.24, 2.45) is 0 Å². The Hall–Kier alpha value is -2.96. The molecule has 2 aromatic rings. The van der Waals surface area contributed by atoms with E-state index in [1.165, 1.54) is 0 Å². The molecule has 3 rings (SSSR count). The van der Waals surface area contributed by atoms with Crippen LogP contribution in [0.4, 0.5) is 11.5 Å². The number of aromatic nitrogens is 2. The Kier molecular flexibility index (Phi) is 4.69. The van der Waals surface area contributed by atoms with Crippen LogP contribution in [0.2, 0.25) is 0 Å². The van der Waals surface area contributed by atoms with Gasteiger partial charge >= 0.3 is 5.97 Å². The van der Waals surface area contributed by atoms with E-state index in [2.05, 4.69) is 20.8 Å². The normalized spacial score (nSPS) is 13.2. The van der Waals surface area contributed by atoms with Gasteiger partial charge in [0.1, 0.15) is 5.82 Å². The molecule has 1 saturated carbocycles. The lowest BCUT2D eigenvalue weighted by Gasteiger charge is -2.07. The molecule has 1 aromatic carbocycles. The third-order valence-electron chi connectivity index (χ3n) is 3.48. The monoisotopic (exact) mass is 326 g/mol. The van der Waals surface area contributed by atoms with Crippen LogP contribution < -0.4 is 10.6 Å². The van der Waals surface area contributed by atoms with Gasteiger partial charge in [-0.05, 0) is 56.2 Å². The number of ether oxygens (including phenoxy) is 1. The van der Waals surface area contributed by atoms with Crippen molar-refractivity contribution in [3.05, 3.63) is 47.7 Å². The van der Waals surface area contributed by atoms with Gasteiger partial charge < -0.3 is 15.4 Å². The molecule has 24 heavy (non-hydrogen) atoms. The van der Waals surface area contributed by atoms with Gasteiger partial charge in [-0.15, -0.1) is 10.2 Å².